The van der Waals surface area contributed by atoms with Gasteiger partial charge in [0.05, 0.1) is 5.69 Å². The van der Waals surface area contributed by atoms with Crippen LogP contribution < -0.4 is 5.73 Å². The third-order valence-electron chi connectivity index (χ3n) is 3.20. The highest BCUT2D eigenvalue weighted by atomic mass is 16.5. The van der Waals surface area contributed by atoms with Gasteiger partial charge in [-0.05, 0) is 17.9 Å². The first kappa shape index (κ1) is 12.8. The molecule has 1 aromatic heterocycles. The molecular weight excluding hydrogens is 224 g/mol. The van der Waals surface area contributed by atoms with Gasteiger partial charge in [-0.15, -0.1) is 0 Å². The summed E-state index contributed by atoms with van der Waals surface area (Å²) in [7, 11) is 0. The number of hydrogen-bond acceptors (Lipinski definition) is 3. The number of rotatable bonds is 2. The Balaban J connectivity index is 2.40. The predicted molar refractivity (Wildman–Crippen MR) is 73.3 cm³/mol. The summed E-state index contributed by atoms with van der Waals surface area (Å²) < 4.78 is 5.37. The average molecular weight is 244 g/mol. The van der Waals surface area contributed by atoms with Crippen LogP contribution in [0.25, 0.3) is 11.3 Å². The molecule has 3 nitrogen and oxygen atoms in total. The van der Waals surface area contributed by atoms with E-state index in [0.29, 0.717) is 6.54 Å². The van der Waals surface area contributed by atoms with Crippen molar-refractivity contribution in [3.05, 3.63) is 41.1 Å². The van der Waals surface area contributed by atoms with Gasteiger partial charge in [-0.25, -0.2) is 0 Å². The summed E-state index contributed by atoms with van der Waals surface area (Å²) in [6.07, 6.45) is 0. The van der Waals surface area contributed by atoms with Crippen molar-refractivity contribution in [3.8, 4) is 11.3 Å². The lowest BCUT2D eigenvalue weighted by Gasteiger charge is -2.18. The third kappa shape index (κ3) is 2.31. The van der Waals surface area contributed by atoms with Crippen molar-refractivity contribution in [3.63, 3.8) is 0 Å². The van der Waals surface area contributed by atoms with E-state index in [0.717, 1.165) is 22.6 Å². The van der Waals surface area contributed by atoms with Gasteiger partial charge in [0.1, 0.15) is 0 Å². The number of nitrogens with two attached hydrogens (primary N) is 1. The molecule has 0 saturated carbocycles. The predicted octanol–water partition coefficient (Wildman–Crippen LogP) is 3.41. The van der Waals surface area contributed by atoms with Crippen LogP contribution in [0, 0.1) is 6.92 Å². The lowest BCUT2D eigenvalue weighted by atomic mass is 9.86. The Labute approximate surface area is 108 Å². The van der Waals surface area contributed by atoms with Crippen LogP contribution in [0.1, 0.15) is 37.6 Å². The van der Waals surface area contributed by atoms with Crippen LogP contribution in [0.15, 0.2) is 28.8 Å². The first-order chi connectivity index (χ1) is 8.43. The first-order valence-electron chi connectivity index (χ1n) is 6.19. The molecule has 0 atom stereocenters. The number of benzene rings is 1. The minimum absolute atomic E-state index is 0.159. The van der Waals surface area contributed by atoms with Crippen LogP contribution >= 0.6 is 0 Å². The van der Waals surface area contributed by atoms with Gasteiger partial charge in [-0.2, -0.15) is 0 Å². The molecule has 0 amide bonds. The number of aryl methyl sites for hydroxylation is 1. The molecule has 0 spiro atoms. The van der Waals surface area contributed by atoms with Gasteiger partial charge >= 0.3 is 0 Å². The Bertz CT molecular complexity index is 533. The molecule has 3 heteroatoms. The molecule has 0 bridgehead atoms. The van der Waals surface area contributed by atoms with Crippen molar-refractivity contribution >= 4 is 0 Å². The van der Waals surface area contributed by atoms with Crippen LogP contribution in [-0.2, 0) is 12.0 Å². The van der Waals surface area contributed by atoms with Crippen LogP contribution in [0.3, 0.4) is 0 Å². The quantitative estimate of drug-likeness (QED) is 0.880. The van der Waals surface area contributed by atoms with E-state index in [-0.39, 0.29) is 5.41 Å². The summed E-state index contributed by atoms with van der Waals surface area (Å²) in [6, 6.07) is 8.40. The molecule has 2 aromatic rings. The lowest BCUT2D eigenvalue weighted by molar-refractivity contribution is 0.426. The van der Waals surface area contributed by atoms with Crippen molar-refractivity contribution < 1.29 is 4.52 Å². The zero-order chi connectivity index (χ0) is 13.3. The second-order valence-electron chi connectivity index (χ2n) is 5.61. The summed E-state index contributed by atoms with van der Waals surface area (Å²) >= 11 is 0. The molecule has 18 heavy (non-hydrogen) atoms. The van der Waals surface area contributed by atoms with E-state index in [4.69, 9.17) is 10.3 Å². The van der Waals surface area contributed by atoms with E-state index in [2.05, 4.69) is 50.2 Å². The van der Waals surface area contributed by atoms with Gasteiger partial charge in [-0.3, -0.25) is 0 Å². The van der Waals surface area contributed by atoms with Crippen molar-refractivity contribution in [2.45, 2.75) is 39.7 Å². The summed E-state index contributed by atoms with van der Waals surface area (Å²) in [5, 5.41) is 3.98. The van der Waals surface area contributed by atoms with Gasteiger partial charge in [0.2, 0.25) is 0 Å². The minimum atomic E-state index is 0.159. The highest BCUT2D eigenvalue weighted by Crippen LogP contribution is 2.29. The van der Waals surface area contributed by atoms with Crippen molar-refractivity contribution in [1.29, 1.82) is 0 Å². The molecule has 0 fully saturated rings. The summed E-state index contributed by atoms with van der Waals surface area (Å²) in [4.78, 5) is 0. The highest BCUT2D eigenvalue weighted by molar-refractivity contribution is 5.62. The van der Waals surface area contributed by atoms with Crippen molar-refractivity contribution in [1.82, 2.24) is 5.16 Å². The molecule has 1 heterocycles. The van der Waals surface area contributed by atoms with E-state index in [9.17, 15) is 0 Å². The van der Waals surface area contributed by atoms with Gasteiger partial charge in [-0.1, -0.05) is 50.2 Å². The van der Waals surface area contributed by atoms with Gasteiger partial charge in [0, 0.05) is 17.7 Å². The SMILES string of the molecule is Cc1noc(-c2ccc(C(C)(C)C)cc2)c1CN. The van der Waals surface area contributed by atoms with Crippen LogP contribution in [0.2, 0.25) is 0 Å². The van der Waals surface area contributed by atoms with Gasteiger partial charge < -0.3 is 10.3 Å². The molecule has 0 saturated heterocycles. The van der Waals surface area contributed by atoms with Crippen LogP contribution in [-0.4, -0.2) is 5.16 Å². The van der Waals surface area contributed by atoms with Gasteiger partial charge in [0.25, 0.3) is 0 Å². The Morgan fingerprint density at radius 2 is 1.78 bits per heavy atom. The molecule has 0 unspecified atom stereocenters. The number of nitrogens with zero attached hydrogens (tertiary/aromatic N) is 1. The van der Waals surface area contributed by atoms with Crippen LogP contribution in [0.4, 0.5) is 0 Å². The molecule has 0 aliphatic carbocycles. The average Bonchev–Trinajstić information content (AvgIpc) is 2.69. The molecule has 1 aromatic carbocycles. The third-order valence-corrected chi connectivity index (χ3v) is 3.20. The highest BCUT2D eigenvalue weighted by Gasteiger charge is 2.16. The van der Waals surface area contributed by atoms with Crippen molar-refractivity contribution in [2.24, 2.45) is 5.73 Å². The minimum Gasteiger partial charge on any atom is -0.356 e. The fourth-order valence-electron chi connectivity index (χ4n) is 1.98. The smallest absolute Gasteiger partial charge is 0.171 e. The summed E-state index contributed by atoms with van der Waals surface area (Å²) in [5.41, 5.74) is 10.1. The summed E-state index contributed by atoms with van der Waals surface area (Å²) in [6.45, 7) is 8.97. The topological polar surface area (TPSA) is 52.0 Å². The fourth-order valence-corrected chi connectivity index (χ4v) is 1.98. The molecule has 0 aliphatic rings. The van der Waals surface area contributed by atoms with E-state index >= 15 is 0 Å². The zero-order valence-electron chi connectivity index (χ0n) is 11.4. The van der Waals surface area contributed by atoms with E-state index in [1.54, 1.807) is 0 Å². The van der Waals surface area contributed by atoms with E-state index in [1.807, 2.05) is 6.92 Å². The molecule has 96 valence electrons. The maximum atomic E-state index is 5.73. The molecular formula is C15H20N2O. The fraction of sp³-hybridized carbons (Fsp3) is 0.400. The number of hydrogen-bond donors (Lipinski definition) is 1. The molecule has 0 aliphatic heterocycles. The Kier molecular flexibility index (Phi) is 3.26. The maximum absolute atomic E-state index is 5.73. The molecule has 0 radical (unpaired) electrons. The van der Waals surface area contributed by atoms with E-state index < -0.39 is 0 Å². The van der Waals surface area contributed by atoms with Crippen molar-refractivity contribution in [2.75, 3.05) is 0 Å². The Morgan fingerprint density at radius 3 is 2.28 bits per heavy atom. The largest absolute Gasteiger partial charge is 0.356 e. The molecule has 2 N–H and O–H groups in total. The Morgan fingerprint density at radius 1 is 1.17 bits per heavy atom. The monoisotopic (exact) mass is 244 g/mol. The standard InChI is InChI=1S/C15H20N2O/c1-10-13(9-16)14(18-17-10)11-5-7-12(8-6-11)15(2,3)4/h5-8H,9,16H2,1-4H3. The maximum Gasteiger partial charge on any atom is 0.171 e. The molecule has 2 rings (SSSR count). The number of aromatic nitrogens is 1. The first-order valence-corrected chi connectivity index (χ1v) is 6.19. The lowest BCUT2D eigenvalue weighted by Crippen LogP contribution is -2.10. The summed E-state index contributed by atoms with van der Waals surface area (Å²) in [5.74, 6) is 0.787. The normalized spacial score (nSPS) is 11.8. The zero-order valence-corrected chi connectivity index (χ0v) is 11.4. The Hall–Kier alpha value is -1.61. The van der Waals surface area contributed by atoms with E-state index in [1.165, 1.54) is 5.56 Å². The van der Waals surface area contributed by atoms with Gasteiger partial charge in [0.15, 0.2) is 5.76 Å². The second kappa shape index (κ2) is 4.58. The second-order valence-corrected chi connectivity index (χ2v) is 5.61. The van der Waals surface area contributed by atoms with Crippen LogP contribution in [0.5, 0.6) is 0 Å².